The molecule has 5 heteroatoms. The van der Waals surface area contributed by atoms with Crippen molar-refractivity contribution in [3.63, 3.8) is 0 Å². The van der Waals surface area contributed by atoms with E-state index in [4.69, 9.17) is 19.4 Å². The summed E-state index contributed by atoms with van der Waals surface area (Å²) in [6, 6.07) is 84.6. The minimum absolute atomic E-state index is 0.501. The Kier molecular flexibility index (Phi) is 8.95. The van der Waals surface area contributed by atoms with Gasteiger partial charge in [-0.2, -0.15) is 0 Å². The Morgan fingerprint density at radius 2 is 0.928 bits per heavy atom. The number of nitrogens with zero attached hydrogens (tertiary/aromatic N) is 3. The van der Waals surface area contributed by atoms with Gasteiger partial charge in [-0.3, -0.25) is 0 Å². The molecule has 69 heavy (non-hydrogen) atoms. The van der Waals surface area contributed by atoms with Crippen LogP contribution in [0.4, 0.5) is 0 Å². The van der Waals surface area contributed by atoms with Gasteiger partial charge in [0.1, 0.15) is 11.2 Å². The van der Waals surface area contributed by atoms with Gasteiger partial charge in [0.2, 0.25) is 0 Å². The summed E-state index contributed by atoms with van der Waals surface area (Å²) in [7, 11) is 0. The fourth-order valence-electron chi connectivity index (χ4n) is 11.1. The van der Waals surface area contributed by atoms with Crippen LogP contribution in [0, 0.1) is 0 Å². The number of benzene rings is 10. The number of fused-ring (bicyclic) bond motifs is 9. The maximum atomic E-state index is 6.72. The van der Waals surface area contributed by atoms with Crippen LogP contribution >= 0.6 is 11.3 Å². The highest BCUT2D eigenvalue weighted by Crippen LogP contribution is 2.58. The van der Waals surface area contributed by atoms with Gasteiger partial charge in [0.15, 0.2) is 17.5 Å². The first-order valence-corrected chi connectivity index (χ1v) is 24.2. The van der Waals surface area contributed by atoms with Crippen molar-refractivity contribution in [2.75, 3.05) is 0 Å². The van der Waals surface area contributed by atoms with Crippen LogP contribution in [0.15, 0.2) is 241 Å². The summed E-state index contributed by atoms with van der Waals surface area (Å²) >= 11 is 1.78. The summed E-state index contributed by atoms with van der Waals surface area (Å²) in [5.74, 6) is 1.82. The SMILES string of the molecule is c1ccc(-c2cccc(-c3nc(-c4cccc5c4sc4ccccc45)nc(-c4cccc5oc6ccc(-c7cccc8c7-c7ccccc7C8(c7ccccc7)c7ccccc7)cc6c45)n3)c2)cc1. The van der Waals surface area contributed by atoms with Crippen LogP contribution in [0.25, 0.3) is 110 Å². The Hall–Kier alpha value is -8.77. The molecule has 0 fully saturated rings. The molecule has 0 bridgehead atoms. The smallest absolute Gasteiger partial charge is 0.165 e. The van der Waals surface area contributed by atoms with E-state index in [1.165, 1.54) is 54.4 Å². The third-order valence-electron chi connectivity index (χ3n) is 14.0. The normalized spacial score (nSPS) is 12.8. The van der Waals surface area contributed by atoms with Crippen molar-refractivity contribution in [2.45, 2.75) is 5.41 Å². The van der Waals surface area contributed by atoms with E-state index in [1.807, 2.05) is 18.2 Å². The molecular weight excluding hydrogens is 859 g/mol. The molecule has 13 aromatic rings. The highest BCUT2D eigenvalue weighted by molar-refractivity contribution is 7.26. The maximum absolute atomic E-state index is 6.72. The molecule has 0 radical (unpaired) electrons. The van der Waals surface area contributed by atoms with Crippen LogP contribution in [-0.2, 0) is 5.41 Å². The first-order chi connectivity index (χ1) is 34.2. The van der Waals surface area contributed by atoms with Crippen molar-refractivity contribution < 1.29 is 4.42 Å². The summed E-state index contributed by atoms with van der Waals surface area (Å²) < 4.78 is 9.10. The summed E-state index contributed by atoms with van der Waals surface area (Å²) in [5, 5.41) is 4.39. The van der Waals surface area contributed by atoms with E-state index in [0.717, 1.165) is 60.0 Å². The topological polar surface area (TPSA) is 51.8 Å². The molecule has 4 nitrogen and oxygen atoms in total. The van der Waals surface area contributed by atoms with Crippen LogP contribution in [0.3, 0.4) is 0 Å². The lowest BCUT2D eigenvalue weighted by molar-refractivity contribution is 0.669. The Morgan fingerprint density at radius 1 is 0.348 bits per heavy atom. The van der Waals surface area contributed by atoms with E-state index >= 15 is 0 Å². The lowest BCUT2D eigenvalue weighted by Crippen LogP contribution is -2.28. The minimum Gasteiger partial charge on any atom is -0.456 e. The van der Waals surface area contributed by atoms with Gasteiger partial charge in [-0.05, 0) is 92.0 Å². The molecule has 0 aliphatic heterocycles. The second-order valence-corrected chi connectivity index (χ2v) is 18.8. The third-order valence-corrected chi connectivity index (χ3v) is 15.3. The molecule has 0 spiro atoms. The summed E-state index contributed by atoms with van der Waals surface area (Å²) in [4.78, 5) is 16.1. The quantitative estimate of drug-likeness (QED) is 0.160. The number of furan rings is 1. The molecule has 10 aromatic carbocycles. The lowest BCUT2D eigenvalue weighted by atomic mass is 9.67. The van der Waals surface area contributed by atoms with Crippen LogP contribution in [-0.4, -0.2) is 15.0 Å². The van der Waals surface area contributed by atoms with Crippen molar-refractivity contribution in [2.24, 2.45) is 0 Å². The van der Waals surface area contributed by atoms with Crippen molar-refractivity contribution in [3.8, 4) is 67.5 Å². The predicted molar refractivity (Wildman–Crippen MR) is 284 cm³/mol. The second kappa shape index (κ2) is 15.7. The predicted octanol–water partition coefficient (Wildman–Crippen LogP) is 16.8. The highest BCUT2D eigenvalue weighted by Gasteiger charge is 2.46. The largest absolute Gasteiger partial charge is 0.456 e. The van der Waals surface area contributed by atoms with Crippen molar-refractivity contribution >= 4 is 53.4 Å². The molecule has 0 unspecified atom stereocenters. The summed E-state index contributed by atoms with van der Waals surface area (Å²) in [5.41, 5.74) is 15.9. The highest BCUT2D eigenvalue weighted by atomic mass is 32.1. The van der Waals surface area contributed by atoms with E-state index in [2.05, 4.69) is 218 Å². The molecule has 0 N–H and O–H groups in total. The van der Waals surface area contributed by atoms with Crippen LogP contribution in [0.2, 0.25) is 0 Å². The molecule has 0 saturated carbocycles. The van der Waals surface area contributed by atoms with Crippen molar-refractivity contribution in [3.05, 3.63) is 259 Å². The Labute approximate surface area is 402 Å². The van der Waals surface area contributed by atoms with Crippen LogP contribution in [0.5, 0.6) is 0 Å². The van der Waals surface area contributed by atoms with E-state index in [1.54, 1.807) is 11.3 Å². The molecular formula is C64H39N3OS. The van der Waals surface area contributed by atoms with Gasteiger partial charge in [-0.15, -0.1) is 11.3 Å². The summed E-state index contributed by atoms with van der Waals surface area (Å²) in [6.45, 7) is 0. The first-order valence-electron chi connectivity index (χ1n) is 23.3. The Bertz CT molecular complexity index is 4100. The van der Waals surface area contributed by atoms with Crippen LogP contribution in [0.1, 0.15) is 22.3 Å². The van der Waals surface area contributed by atoms with E-state index in [-0.39, 0.29) is 0 Å². The zero-order valence-corrected chi connectivity index (χ0v) is 38.0. The monoisotopic (exact) mass is 897 g/mol. The summed E-state index contributed by atoms with van der Waals surface area (Å²) in [6.07, 6.45) is 0. The van der Waals surface area contributed by atoms with Gasteiger partial charge in [-0.1, -0.05) is 200 Å². The average Bonchev–Trinajstić information content (AvgIpc) is 4.10. The van der Waals surface area contributed by atoms with Gasteiger partial charge in [0, 0.05) is 47.6 Å². The molecule has 3 aromatic heterocycles. The maximum Gasteiger partial charge on any atom is 0.165 e. The molecule has 0 atom stereocenters. The molecule has 1 aliphatic rings. The standard InChI is InChI=1S/C64H39N3OS/c1-4-18-40(19-5-1)41-20-14-21-43(38-41)61-65-62(67-63(66-61)51-31-15-29-48-47-26-11-13-35-57(47)69-60(48)51)50-30-17-34-56-59(50)52-39-42(36-37-55(52)68-56)46-28-16-33-54-58(46)49-27-10-12-32-53(49)64(54,44-22-6-2-7-23-44)45-24-8-3-9-25-45/h1-39H. The fraction of sp³-hybridized carbons (Fsp3) is 0.0156. The Morgan fingerprint density at radius 3 is 1.75 bits per heavy atom. The van der Waals surface area contributed by atoms with Crippen molar-refractivity contribution in [1.82, 2.24) is 15.0 Å². The van der Waals surface area contributed by atoms with Gasteiger partial charge in [0.25, 0.3) is 0 Å². The molecule has 0 amide bonds. The molecule has 1 aliphatic carbocycles. The van der Waals surface area contributed by atoms with E-state index < -0.39 is 5.41 Å². The average molecular weight is 898 g/mol. The number of aromatic nitrogens is 3. The number of hydrogen-bond acceptors (Lipinski definition) is 5. The van der Waals surface area contributed by atoms with Crippen LogP contribution < -0.4 is 0 Å². The minimum atomic E-state index is -0.501. The second-order valence-electron chi connectivity index (χ2n) is 17.8. The zero-order valence-electron chi connectivity index (χ0n) is 37.2. The van der Waals surface area contributed by atoms with E-state index in [9.17, 15) is 0 Å². The van der Waals surface area contributed by atoms with Gasteiger partial charge in [0.05, 0.1) is 5.41 Å². The number of rotatable bonds is 7. The Balaban J connectivity index is 0.988. The molecule has 322 valence electrons. The van der Waals surface area contributed by atoms with Gasteiger partial charge < -0.3 is 4.42 Å². The van der Waals surface area contributed by atoms with E-state index in [0.29, 0.717) is 17.5 Å². The number of thiophene rings is 1. The van der Waals surface area contributed by atoms with Crippen molar-refractivity contribution in [1.29, 1.82) is 0 Å². The molecule has 3 heterocycles. The fourth-order valence-corrected chi connectivity index (χ4v) is 12.3. The molecule has 0 saturated heterocycles. The first kappa shape index (κ1) is 39.4. The molecule has 14 rings (SSSR count). The van der Waals surface area contributed by atoms with Gasteiger partial charge in [-0.25, -0.2) is 15.0 Å². The lowest BCUT2D eigenvalue weighted by Gasteiger charge is -2.34. The third kappa shape index (κ3) is 6.11. The number of hydrogen-bond donors (Lipinski definition) is 0. The van der Waals surface area contributed by atoms with Gasteiger partial charge >= 0.3 is 0 Å². The zero-order chi connectivity index (χ0) is 45.5.